The maximum absolute atomic E-state index is 11.7. The molecule has 1 aliphatic carbocycles. The topological polar surface area (TPSA) is 95.2 Å². The lowest BCUT2D eigenvalue weighted by molar-refractivity contribution is 0.0446. The number of aliphatic hydroxyl groups is 1. The van der Waals surface area contributed by atoms with E-state index in [0.717, 1.165) is 0 Å². The number of nitrogens with zero attached hydrogens (tertiary/aromatic N) is 2. The van der Waals surface area contributed by atoms with Gasteiger partial charge in [0.15, 0.2) is 5.82 Å². The molecule has 1 aromatic rings. The number of hydrogen-bond acceptors (Lipinski definition) is 5. The molecule has 7 heteroatoms. The van der Waals surface area contributed by atoms with Crippen molar-refractivity contribution in [2.45, 2.75) is 50.7 Å². The smallest absolute Gasteiger partial charge is 0.413 e. The van der Waals surface area contributed by atoms with Gasteiger partial charge in [-0.2, -0.15) is 5.26 Å². The van der Waals surface area contributed by atoms with E-state index < -0.39 is 23.2 Å². The van der Waals surface area contributed by atoms with Crippen molar-refractivity contribution in [3.63, 3.8) is 0 Å². The van der Waals surface area contributed by atoms with Crippen molar-refractivity contribution in [3.8, 4) is 6.07 Å². The third-order valence-corrected chi connectivity index (χ3v) is 3.68. The van der Waals surface area contributed by atoms with Crippen LogP contribution in [-0.2, 0) is 10.2 Å². The van der Waals surface area contributed by atoms with Crippen LogP contribution in [0, 0.1) is 11.3 Å². The van der Waals surface area contributed by atoms with Gasteiger partial charge in [0.1, 0.15) is 5.60 Å². The normalized spacial score (nSPS) is 24.1. The minimum Gasteiger partial charge on any atom is -0.444 e. The van der Waals surface area contributed by atoms with E-state index in [1.165, 1.54) is 6.20 Å². The Morgan fingerprint density at radius 1 is 1.59 bits per heavy atom. The number of aromatic nitrogens is 1. The third kappa shape index (κ3) is 3.49. The number of rotatable bonds is 2. The molecule has 1 aliphatic rings. The number of carbonyl (C=O) groups is 1. The molecular weight excluding hydrogens is 306 g/mol. The first-order valence-electron chi connectivity index (χ1n) is 6.90. The van der Waals surface area contributed by atoms with Gasteiger partial charge in [-0.15, -0.1) is 0 Å². The molecule has 22 heavy (non-hydrogen) atoms. The van der Waals surface area contributed by atoms with Gasteiger partial charge in [-0.3, -0.25) is 5.32 Å². The summed E-state index contributed by atoms with van der Waals surface area (Å²) in [5, 5.41) is 21.5. The Balaban J connectivity index is 2.14. The van der Waals surface area contributed by atoms with Gasteiger partial charge in [0.05, 0.1) is 22.6 Å². The van der Waals surface area contributed by atoms with Crippen molar-refractivity contribution in [1.82, 2.24) is 4.98 Å². The highest BCUT2D eigenvalue weighted by molar-refractivity contribution is 6.33. The molecule has 0 saturated heterocycles. The van der Waals surface area contributed by atoms with Crippen molar-refractivity contribution < 1.29 is 14.6 Å². The predicted molar refractivity (Wildman–Crippen MR) is 81.6 cm³/mol. The molecule has 118 valence electrons. The van der Waals surface area contributed by atoms with Gasteiger partial charge in [0.25, 0.3) is 0 Å². The minimum atomic E-state index is -0.749. The summed E-state index contributed by atoms with van der Waals surface area (Å²) in [4.78, 5) is 15.8. The Bertz CT molecular complexity index is 628. The molecule has 0 atom stereocenters. The lowest BCUT2D eigenvalue weighted by Gasteiger charge is -2.39. The molecule has 1 saturated carbocycles. The Morgan fingerprint density at radius 3 is 2.68 bits per heavy atom. The highest BCUT2D eigenvalue weighted by atomic mass is 35.5. The summed E-state index contributed by atoms with van der Waals surface area (Å²) in [6.07, 6.45) is 1.09. The summed E-state index contributed by atoms with van der Waals surface area (Å²) < 4.78 is 5.13. The van der Waals surface area contributed by atoms with Crippen LogP contribution < -0.4 is 5.32 Å². The molecule has 2 N–H and O–H groups in total. The second-order valence-corrected chi connectivity index (χ2v) is 6.84. The zero-order valence-electron chi connectivity index (χ0n) is 12.7. The Morgan fingerprint density at radius 2 is 2.23 bits per heavy atom. The van der Waals surface area contributed by atoms with Crippen LogP contribution >= 0.6 is 11.6 Å². The highest BCUT2D eigenvalue weighted by Crippen LogP contribution is 2.44. The lowest BCUT2D eigenvalue weighted by Crippen LogP contribution is -2.43. The highest BCUT2D eigenvalue weighted by Gasteiger charge is 2.46. The van der Waals surface area contributed by atoms with Crippen LogP contribution in [0.4, 0.5) is 10.6 Å². The van der Waals surface area contributed by atoms with Crippen LogP contribution in [0.2, 0.25) is 5.02 Å². The number of pyridine rings is 1. The van der Waals surface area contributed by atoms with Crippen molar-refractivity contribution in [3.05, 3.63) is 22.8 Å². The lowest BCUT2D eigenvalue weighted by atomic mass is 9.64. The molecule has 1 heterocycles. The summed E-state index contributed by atoms with van der Waals surface area (Å²) in [5.74, 6) is 0.174. The predicted octanol–water partition coefficient (Wildman–Crippen LogP) is 3.00. The van der Waals surface area contributed by atoms with Crippen molar-refractivity contribution in [2.75, 3.05) is 5.32 Å². The number of aliphatic hydroxyl groups excluding tert-OH is 1. The number of amides is 1. The summed E-state index contributed by atoms with van der Waals surface area (Å²) in [5.41, 5.74) is -0.732. The van der Waals surface area contributed by atoms with E-state index in [9.17, 15) is 15.2 Å². The number of nitriles is 1. The zero-order chi connectivity index (χ0) is 16.5. The maximum atomic E-state index is 11.7. The quantitative estimate of drug-likeness (QED) is 0.872. The molecule has 2 rings (SSSR count). The number of ether oxygens (including phenoxy) is 1. The van der Waals surface area contributed by atoms with Crippen LogP contribution in [-0.4, -0.2) is 27.9 Å². The summed E-state index contributed by atoms with van der Waals surface area (Å²) in [7, 11) is 0. The second-order valence-electron chi connectivity index (χ2n) is 6.44. The third-order valence-electron chi connectivity index (χ3n) is 3.40. The fourth-order valence-corrected chi connectivity index (χ4v) is 2.54. The largest absolute Gasteiger partial charge is 0.444 e. The summed E-state index contributed by atoms with van der Waals surface area (Å²) in [6.45, 7) is 5.26. The summed E-state index contributed by atoms with van der Waals surface area (Å²) in [6, 6.07) is 3.80. The second kappa shape index (κ2) is 5.75. The number of nitrogens with one attached hydrogen (secondary N) is 1. The van der Waals surface area contributed by atoms with Gasteiger partial charge in [0.2, 0.25) is 0 Å². The number of halogens is 1. The van der Waals surface area contributed by atoms with Crippen molar-refractivity contribution in [1.29, 1.82) is 5.26 Å². The Hall–Kier alpha value is -1.84. The molecule has 1 aromatic heterocycles. The van der Waals surface area contributed by atoms with E-state index >= 15 is 0 Å². The maximum Gasteiger partial charge on any atom is 0.413 e. The van der Waals surface area contributed by atoms with Gasteiger partial charge in [-0.1, -0.05) is 11.6 Å². The SMILES string of the molecule is CC(C)(C)OC(=O)Nc1ncc(C2(C#N)CC(O)C2)cc1Cl. The fraction of sp³-hybridized carbons (Fsp3) is 0.533. The van der Waals surface area contributed by atoms with E-state index in [4.69, 9.17) is 16.3 Å². The molecule has 0 spiro atoms. The Kier molecular flexibility index (Phi) is 4.32. The van der Waals surface area contributed by atoms with E-state index in [-0.39, 0.29) is 10.8 Å². The van der Waals surface area contributed by atoms with Crippen LogP contribution in [0.5, 0.6) is 0 Å². The van der Waals surface area contributed by atoms with Crippen molar-refractivity contribution in [2.24, 2.45) is 0 Å². The van der Waals surface area contributed by atoms with Crippen LogP contribution in [0.15, 0.2) is 12.3 Å². The first-order valence-corrected chi connectivity index (χ1v) is 7.28. The van der Waals surface area contributed by atoms with Gasteiger partial charge in [-0.05, 0) is 45.2 Å². The fourth-order valence-electron chi connectivity index (χ4n) is 2.33. The monoisotopic (exact) mass is 323 g/mol. The van der Waals surface area contributed by atoms with Gasteiger partial charge in [-0.25, -0.2) is 9.78 Å². The molecule has 0 radical (unpaired) electrons. The number of carbonyl (C=O) groups excluding carboxylic acids is 1. The Labute approximate surface area is 134 Å². The summed E-state index contributed by atoms with van der Waals surface area (Å²) >= 11 is 6.12. The molecule has 1 amide bonds. The molecule has 0 bridgehead atoms. The van der Waals surface area contributed by atoms with E-state index in [2.05, 4.69) is 16.4 Å². The van der Waals surface area contributed by atoms with E-state index in [0.29, 0.717) is 18.4 Å². The van der Waals surface area contributed by atoms with Crippen LogP contribution in [0.25, 0.3) is 0 Å². The molecule has 1 fully saturated rings. The first-order chi connectivity index (χ1) is 10.1. The zero-order valence-corrected chi connectivity index (χ0v) is 13.4. The molecule has 0 aliphatic heterocycles. The van der Waals surface area contributed by atoms with Crippen LogP contribution in [0.3, 0.4) is 0 Å². The van der Waals surface area contributed by atoms with Gasteiger partial charge >= 0.3 is 6.09 Å². The number of anilines is 1. The minimum absolute atomic E-state index is 0.174. The van der Waals surface area contributed by atoms with E-state index in [1.54, 1.807) is 26.8 Å². The molecule has 0 aromatic carbocycles. The van der Waals surface area contributed by atoms with E-state index in [1.807, 2.05) is 0 Å². The number of hydrogen-bond donors (Lipinski definition) is 2. The molecule has 6 nitrogen and oxygen atoms in total. The van der Waals surface area contributed by atoms with Gasteiger partial charge in [0, 0.05) is 6.20 Å². The average molecular weight is 324 g/mol. The standard InChI is InChI=1S/C15H18ClN3O3/c1-14(2,3)22-13(21)19-12-11(16)4-9(7-18-12)15(8-17)5-10(20)6-15/h4,7,10,20H,5-6H2,1-3H3,(H,18,19,21). The van der Waals surface area contributed by atoms with Crippen LogP contribution in [0.1, 0.15) is 39.2 Å². The average Bonchev–Trinajstić information content (AvgIpc) is 2.35. The molecular formula is C15H18ClN3O3. The van der Waals surface area contributed by atoms with Crippen molar-refractivity contribution >= 4 is 23.5 Å². The molecule has 0 unspecified atom stereocenters. The first kappa shape index (κ1) is 16.5. The van der Waals surface area contributed by atoms with Gasteiger partial charge < -0.3 is 9.84 Å².